The van der Waals surface area contributed by atoms with Crippen molar-refractivity contribution in [2.75, 3.05) is 26.9 Å². The molecule has 0 fully saturated rings. The number of rotatable bonds is 8. The van der Waals surface area contributed by atoms with Gasteiger partial charge in [-0.05, 0) is 37.5 Å². The lowest BCUT2D eigenvalue weighted by Gasteiger charge is -2.22. The fourth-order valence-electron chi connectivity index (χ4n) is 2.64. The van der Waals surface area contributed by atoms with Crippen LogP contribution in [-0.2, 0) is 23.1 Å². The van der Waals surface area contributed by atoms with Gasteiger partial charge in [-0.3, -0.25) is 9.48 Å². The zero-order chi connectivity index (χ0) is 18.4. The van der Waals surface area contributed by atoms with Crippen LogP contribution in [0.15, 0.2) is 24.5 Å². The molecule has 1 aromatic carbocycles. The lowest BCUT2D eigenvalue weighted by atomic mass is 10.1. The van der Waals surface area contributed by atoms with Crippen molar-refractivity contribution in [1.29, 1.82) is 0 Å². The van der Waals surface area contributed by atoms with Gasteiger partial charge in [-0.2, -0.15) is 5.10 Å². The van der Waals surface area contributed by atoms with Gasteiger partial charge in [0, 0.05) is 39.0 Å². The van der Waals surface area contributed by atoms with Crippen molar-refractivity contribution in [3.05, 3.63) is 46.8 Å². The summed E-state index contributed by atoms with van der Waals surface area (Å²) in [7, 11) is 3.49. The summed E-state index contributed by atoms with van der Waals surface area (Å²) in [5, 5.41) is 4.15. The smallest absolute Gasteiger partial charge is 0.260 e. The predicted molar refractivity (Wildman–Crippen MR) is 96.6 cm³/mol. The summed E-state index contributed by atoms with van der Waals surface area (Å²) >= 11 is 0. The van der Waals surface area contributed by atoms with Crippen molar-refractivity contribution < 1.29 is 14.3 Å². The second kappa shape index (κ2) is 8.67. The molecule has 0 saturated carbocycles. The predicted octanol–water partition coefficient (Wildman–Crippen LogP) is 2.40. The summed E-state index contributed by atoms with van der Waals surface area (Å²) in [6.07, 6.45) is 3.67. The highest BCUT2D eigenvalue weighted by molar-refractivity contribution is 5.78. The first-order valence-electron chi connectivity index (χ1n) is 8.36. The van der Waals surface area contributed by atoms with Gasteiger partial charge in [0.15, 0.2) is 6.61 Å². The van der Waals surface area contributed by atoms with Crippen LogP contribution < -0.4 is 4.74 Å². The van der Waals surface area contributed by atoms with Gasteiger partial charge in [-0.1, -0.05) is 12.1 Å². The summed E-state index contributed by atoms with van der Waals surface area (Å²) in [6.45, 7) is 7.54. The van der Waals surface area contributed by atoms with Crippen LogP contribution in [-0.4, -0.2) is 47.5 Å². The number of carbonyl (C=O) groups excluding carboxylic acids is 1. The van der Waals surface area contributed by atoms with Gasteiger partial charge >= 0.3 is 0 Å². The minimum Gasteiger partial charge on any atom is -0.483 e. The van der Waals surface area contributed by atoms with Crippen molar-refractivity contribution in [2.24, 2.45) is 7.05 Å². The molecule has 1 amide bonds. The Kier molecular flexibility index (Phi) is 6.58. The maximum atomic E-state index is 12.7. The van der Waals surface area contributed by atoms with Crippen molar-refractivity contribution in [3.63, 3.8) is 0 Å². The van der Waals surface area contributed by atoms with Gasteiger partial charge in [0.1, 0.15) is 5.75 Å². The zero-order valence-electron chi connectivity index (χ0n) is 15.7. The molecule has 0 radical (unpaired) electrons. The van der Waals surface area contributed by atoms with Crippen LogP contribution in [0.3, 0.4) is 0 Å². The van der Waals surface area contributed by atoms with Crippen LogP contribution in [0.1, 0.15) is 22.3 Å². The van der Waals surface area contributed by atoms with Gasteiger partial charge in [0.2, 0.25) is 0 Å². The van der Waals surface area contributed by atoms with E-state index in [1.54, 1.807) is 22.9 Å². The Bertz CT molecular complexity index is 725. The number of benzene rings is 1. The van der Waals surface area contributed by atoms with E-state index in [4.69, 9.17) is 9.47 Å². The molecule has 1 heterocycles. The van der Waals surface area contributed by atoms with Crippen molar-refractivity contribution in [1.82, 2.24) is 14.7 Å². The molecular weight excluding hydrogens is 318 g/mol. The molecule has 6 heteroatoms. The van der Waals surface area contributed by atoms with Gasteiger partial charge in [0.05, 0.1) is 12.8 Å². The van der Waals surface area contributed by atoms with Crippen LogP contribution >= 0.6 is 0 Å². The van der Waals surface area contributed by atoms with E-state index in [9.17, 15) is 4.79 Å². The average Bonchev–Trinajstić information content (AvgIpc) is 2.99. The molecule has 1 aromatic heterocycles. The quantitative estimate of drug-likeness (QED) is 0.737. The van der Waals surface area contributed by atoms with Gasteiger partial charge in [-0.25, -0.2) is 0 Å². The number of carbonyl (C=O) groups is 1. The standard InChI is InChI=1S/C19H27N3O3/c1-14-6-7-15(2)19(16(14)3)25-13-18(23)22(8-9-24-5)12-17-10-20-21(4)11-17/h6-7,10-11H,8-9,12-13H2,1-5H3. The maximum Gasteiger partial charge on any atom is 0.260 e. The topological polar surface area (TPSA) is 56.6 Å². The van der Waals surface area contributed by atoms with Gasteiger partial charge < -0.3 is 14.4 Å². The van der Waals surface area contributed by atoms with E-state index >= 15 is 0 Å². The second-order valence-electron chi connectivity index (χ2n) is 6.27. The van der Waals surface area contributed by atoms with Crippen LogP contribution in [0.25, 0.3) is 0 Å². The van der Waals surface area contributed by atoms with Crippen LogP contribution in [0, 0.1) is 20.8 Å². The highest BCUT2D eigenvalue weighted by Crippen LogP contribution is 2.25. The first-order valence-corrected chi connectivity index (χ1v) is 8.36. The Morgan fingerprint density at radius 2 is 1.96 bits per heavy atom. The summed E-state index contributed by atoms with van der Waals surface area (Å²) in [5.74, 6) is 0.725. The molecule has 25 heavy (non-hydrogen) atoms. The Morgan fingerprint density at radius 3 is 2.60 bits per heavy atom. The number of nitrogens with zero attached hydrogens (tertiary/aromatic N) is 3. The third-order valence-electron chi connectivity index (χ3n) is 4.26. The number of aromatic nitrogens is 2. The molecule has 0 bridgehead atoms. The van der Waals surface area contributed by atoms with E-state index < -0.39 is 0 Å². The third kappa shape index (κ3) is 5.06. The van der Waals surface area contributed by atoms with E-state index in [2.05, 4.69) is 11.2 Å². The molecule has 0 atom stereocenters. The third-order valence-corrected chi connectivity index (χ3v) is 4.26. The molecule has 0 aliphatic heterocycles. The van der Waals surface area contributed by atoms with Gasteiger partial charge in [-0.15, -0.1) is 0 Å². The number of hydrogen-bond donors (Lipinski definition) is 0. The van der Waals surface area contributed by atoms with Crippen molar-refractivity contribution in [3.8, 4) is 5.75 Å². The molecule has 0 spiro atoms. The van der Waals surface area contributed by atoms with E-state index in [1.807, 2.05) is 40.1 Å². The number of ether oxygens (including phenoxy) is 2. The first kappa shape index (κ1) is 19.0. The summed E-state index contributed by atoms with van der Waals surface area (Å²) in [6, 6.07) is 4.08. The fourth-order valence-corrected chi connectivity index (χ4v) is 2.64. The summed E-state index contributed by atoms with van der Waals surface area (Å²) < 4.78 is 12.7. The number of methoxy groups -OCH3 is 1. The molecule has 0 saturated heterocycles. The van der Waals surface area contributed by atoms with Crippen LogP contribution in [0.5, 0.6) is 5.75 Å². The van der Waals surface area contributed by atoms with E-state index in [1.165, 1.54) is 0 Å². The Balaban J connectivity index is 2.05. The lowest BCUT2D eigenvalue weighted by molar-refractivity contribution is -0.134. The molecule has 6 nitrogen and oxygen atoms in total. The van der Waals surface area contributed by atoms with E-state index in [0.717, 1.165) is 28.0 Å². The average molecular weight is 345 g/mol. The lowest BCUT2D eigenvalue weighted by Crippen LogP contribution is -2.36. The SMILES string of the molecule is COCCN(Cc1cnn(C)c1)C(=O)COc1c(C)ccc(C)c1C. The molecule has 2 aromatic rings. The van der Waals surface area contributed by atoms with Crippen LogP contribution in [0.2, 0.25) is 0 Å². The normalized spacial score (nSPS) is 10.8. The monoisotopic (exact) mass is 345 g/mol. The van der Waals surface area contributed by atoms with Gasteiger partial charge in [0.25, 0.3) is 5.91 Å². The molecule has 136 valence electrons. The summed E-state index contributed by atoms with van der Waals surface area (Å²) in [5.41, 5.74) is 4.24. The number of amides is 1. The molecule has 2 rings (SSSR count). The highest BCUT2D eigenvalue weighted by atomic mass is 16.5. The molecule has 0 unspecified atom stereocenters. The molecule has 0 aliphatic rings. The minimum atomic E-state index is -0.0683. The minimum absolute atomic E-state index is 0.00904. The zero-order valence-corrected chi connectivity index (χ0v) is 15.7. The van der Waals surface area contributed by atoms with Crippen molar-refractivity contribution >= 4 is 5.91 Å². The Hall–Kier alpha value is -2.34. The summed E-state index contributed by atoms with van der Waals surface area (Å²) in [4.78, 5) is 14.4. The molecule has 0 N–H and O–H groups in total. The number of hydrogen-bond acceptors (Lipinski definition) is 4. The van der Waals surface area contributed by atoms with E-state index in [0.29, 0.717) is 19.7 Å². The number of aryl methyl sites for hydroxylation is 3. The Morgan fingerprint density at radius 1 is 1.24 bits per heavy atom. The molecule has 0 aliphatic carbocycles. The molecular formula is C19H27N3O3. The van der Waals surface area contributed by atoms with Crippen molar-refractivity contribution in [2.45, 2.75) is 27.3 Å². The maximum absolute atomic E-state index is 12.7. The first-order chi connectivity index (χ1) is 11.9. The van der Waals surface area contributed by atoms with Crippen LogP contribution in [0.4, 0.5) is 0 Å². The highest BCUT2D eigenvalue weighted by Gasteiger charge is 2.17. The Labute approximate surface area is 149 Å². The second-order valence-corrected chi connectivity index (χ2v) is 6.27. The fraction of sp³-hybridized carbons (Fsp3) is 0.474. The largest absolute Gasteiger partial charge is 0.483 e. The van der Waals surface area contributed by atoms with E-state index in [-0.39, 0.29) is 12.5 Å².